The summed E-state index contributed by atoms with van der Waals surface area (Å²) in [4.78, 5) is 4.75. The summed E-state index contributed by atoms with van der Waals surface area (Å²) in [7, 11) is 0. The molecule has 1 aromatic heterocycles. The second-order valence-corrected chi connectivity index (χ2v) is 5.30. The zero-order chi connectivity index (χ0) is 14.8. The van der Waals surface area contributed by atoms with E-state index in [1.807, 2.05) is 0 Å². The van der Waals surface area contributed by atoms with Crippen LogP contribution in [0.1, 0.15) is 23.9 Å². The van der Waals surface area contributed by atoms with Crippen LogP contribution in [-0.4, -0.2) is 21.3 Å². The van der Waals surface area contributed by atoms with Crippen LogP contribution in [0.3, 0.4) is 0 Å². The number of aromatic nitrogens is 2. The highest BCUT2D eigenvalue weighted by atomic mass is 16.2. The lowest BCUT2D eigenvalue weighted by Crippen LogP contribution is -2.01. The van der Waals surface area contributed by atoms with Gasteiger partial charge in [0.25, 0.3) is 0 Å². The normalized spacial score (nSPS) is 11.2. The van der Waals surface area contributed by atoms with E-state index in [-0.39, 0.29) is 6.61 Å². The molecule has 108 valence electrons. The van der Waals surface area contributed by atoms with Crippen LogP contribution in [0, 0.1) is 6.92 Å². The summed E-state index contributed by atoms with van der Waals surface area (Å²) >= 11 is 0. The maximum Gasteiger partial charge on any atom is 0.114 e. The highest BCUT2D eigenvalue weighted by Crippen LogP contribution is 2.25. The monoisotopic (exact) mass is 280 g/mol. The van der Waals surface area contributed by atoms with E-state index in [9.17, 15) is 0 Å². The molecule has 0 aliphatic rings. The third-order valence-corrected chi connectivity index (χ3v) is 3.86. The summed E-state index contributed by atoms with van der Waals surface area (Å²) in [6, 6.07) is 14.6. The Balaban J connectivity index is 2.18. The number of para-hydroxylation sites is 1. The van der Waals surface area contributed by atoms with Gasteiger partial charge in [-0.1, -0.05) is 31.2 Å². The van der Waals surface area contributed by atoms with Crippen molar-refractivity contribution in [1.29, 1.82) is 0 Å². The fourth-order valence-electron chi connectivity index (χ4n) is 2.80. The molecule has 0 aliphatic carbocycles. The standard InChI is InChI=1S/C18H20N2O/c1-3-17-19-16-6-4-5-13(2)18(16)20(17)15-9-7-14(8-10-15)11-12-21/h4-10,21H,3,11-12H2,1-2H3. The van der Waals surface area contributed by atoms with Crippen molar-refractivity contribution >= 4 is 11.0 Å². The zero-order valence-corrected chi connectivity index (χ0v) is 12.5. The van der Waals surface area contributed by atoms with Gasteiger partial charge in [-0.2, -0.15) is 0 Å². The van der Waals surface area contributed by atoms with Gasteiger partial charge in [-0.15, -0.1) is 0 Å². The number of benzene rings is 2. The smallest absolute Gasteiger partial charge is 0.114 e. The molecule has 1 N–H and O–H groups in total. The van der Waals surface area contributed by atoms with Crippen molar-refractivity contribution in [2.75, 3.05) is 6.61 Å². The summed E-state index contributed by atoms with van der Waals surface area (Å²) in [6.07, 6.45) is 1.59. The molecular formula is C18H20N2O. The quantitative estimate of drug-likeness (QED) is 0.795. The van der Waals surface area contributed by atoms with Gasteiger partial charge >= 0.3 is 0 Å². The van der Waals surface area contributed by atoms with E-state index in [4.69, 9.17) is 10.1 Å². The summed E-state index contributed by atoms with van der Waals surface area (Å²) in [6.45, 7) is 4.44. The largest absolute Gasteiger partial charge is 0.396 e. The number of aliphatic hydroxyl groups is 1. The van der Waals surface area contributed by atoms with E-state index < -0.39 is 0 Å². The number of imidazole rings is 1. The third-order valence-electron chi connectivity index (χ3n) is 3.86. The van der Waals surface area contributed by atoms with Gasteiger partial charge in [0, 0.05) is 18.7 Å². The van der Waals surface area contributed by atoms with Crippen LogP contribution in [-0.2, 0) is 12.8 Å². The van der Waals surface area contributed by atoms with Crippen LogP contribution in [0.4, 0.5) is 0 Å². The SMILES string of the molecule is CCc1nc2cccc(C)c2n1-c1ccc(CCO)cc1. The van der Waals surface area contributed by atoms with Gasteiger partial charge in [0.2, 0.25) is 0 Å². The molecule has 0 saturated carbocycles. The lowest BCUT2D eigenvalue weighted by molar-refractivity contribution is 0.299. The third kappa shape index (κ3) is 2.45. The molecule has 0 saturated heterocycles. The van der Waals surface area contributed by atoms with E-state index in [1.165, 1.54) is 11.1 Å². The van der Waals surface area contributed by atoms with E-state index in [1.54, 1.807) is 0 Å². The van der Waals surface area contributed by atoms with Gasteiger partial charge < -0.3 is 5.11 Å². The highest BCUT2D eigenvalue weighted by Gasteiger charge is 2.12. The molecule has 3 nitrogen and oxygen atoms in total. The van der Waals surface area contributed by atoms with Crippen molar-refractivity contribution < 1.29 is 5.11 Å². The number of fused-ring (bicyclic) bond motifs is 1. The van der Waals surface area contributed by atoms with Gasteiger partial charge in [0.15, 0.2) is 0 Å². The first-order valence-corrected chi connectivity index (χ1v) is 7.41. The summed E-state index contributed by atoms with van der Waals surface area (Å²) in [5.41, 5.74) is 5.75. The molecule has 0 bridgehead atoms. The summed E-state index contributed by atoms with van der Waals surface area (Å²) in [5.74, 6) is 1.08. The maximum absolute atomic E-state index is 9.02. The minimum Gasteiger partial charge on any atom is -0.396 e. The van der Waals surface area contributed by atoms with Gasteiger partial charge in [-0.05, 0) is 42.7 Å². The molecule has 0 aliphatic heterocycles. The Morgan fingerprint density at radius 3 is 2.52 bits per heavy atom. The molecule has 0 amide bonds. The summed E-state index contributed by atoms with van der Waals surface area (Å²) < 4.78 is 2.24. The Morgan fingerprint density at radius 2 is 1.86 bits per heavy atom. The van der Waals surface area contributed by atoms with Gasteiger partial charge in [-0.3, -0.25) is 4.57 Å². The summed E-state index contributed by atoms with van der Waals surface area (Å²) in [5, 5.41) is 9.02. The first-order valence-electron chi connectivity index (χ1n) is 7.41. The molecule has 0 fully saturated rings. The number of rotatable bonds is 4. The second kappa shape index (κ2) is 5.70. The zero-order valence-electron chi connectivity index (χ0n) is 12.5. The first-order chi connectivity index (χ1) is 10.2. The molecule has 1 heterocycles. The molecule has 3 aromatic rings. The molecule has 21 heavy (non-hydrogen) atoms. The average Bonchev–Trinajstić information content (AvgIpc) is 2.88. The lowest BCUT2D eigenvalue weighted by atomic mass is 10.1. The van der Waals surface area contributed by atoms with Crippen LogP contribution < -0.4 is 0 Å². The van der Waals surface area contributed by atoms with E-state index in [0.717, 1.165) is 29.0 Å². The number of hydrogen-bond acceptors (Lipinski definition) is 2. The second-order valence-electron chi connectivity index (χ2n) is 5.30. The Morgan fingerprint density at radius 1 is 1.10 bits per heavy atom. The van der Waals surface area contributed by atoms with Crippen molar-refractivity contribution in [3.8, 4) is 5.69 Å². The minimum atomic E-state index is 0.187. The van der Waals surface area contributed by atoms with Crippen LogP contribution in [0.5, 0.6) is 0 Å². The lowest BCUT2D eigenvalue weighted by Gasteiger charge is -2.10. The average molecular weight is 280 g/mol. The number of nitrogens with zero attached hydrogens (tertiary/aromatic N) is 2. The van der Waals surface area contributed by atoms with Crippen molar-refractivity contribution in [2.45, 2.75) is 26.7 Å². The minimum absolute atomic E-state index is 0.187. The van der Waals surface area contributed by atoms with Gasteiger partial charge in [-0.25, -0.2) is 4.98 Å². The number of hydrogen-bond donors (Lipinski definition) is 1. The van der Waals surface area contributed by atoms with E-state index in [0.29, 0.717) is 6.42 Å². The molecule has 3 rings (SSSR count). The predicted octanol–water partition coefficient (Wildman–Crippen LogP) is 3.43. The molecule has 0 atom stereocenters. The fraction of sp³-hybridized carbons (Fsp3) is 0.278. The Bertz CT molecular complexity index is 757. The van der Waals surface area contributed by atoms with E-state index in [2.05, 4.69) is 60.9 Å². The van der Waals surface area contributed by atoms with Crippen molar-refractivity contribution in [3.05, 3.63) is 59.4 Å². The van der Waals surface area contributed by atoms with Crippen LogP contribution in [0.2, 0.25) is 0 Å². The van der Waals surface area contributed by atoms with Gasteiger partial charge in [0.05, 0.1) is 11.0 Å². The van der Waals surface area contributed by atoms with Crippen LogP contribution in [0.15, 0.2) is 42.5 Å². The maximum atomic E-state index is 9.02. The fourth-order valence-corrected chi connectivity index (χ4v) is 2.80. The Kier molecular flexibility index (Phi) is 3.76. The Hall–Kier alpha value is -2.13. The van der Waals surface area contributed by atoms with Gasteiger partial charge in [0.1, 0.15) is 5.82 Å². The first kappa shape index (κ1) is 13.8. The molecule has 0 unspecified atom stereocenters. The molecule has 0 radical (unpaired) electrons. The molecular weight excluding hydrogens is 260 g/mol. The molecule has 0 spiro atoms. The van der Waals surface area contributed by atoms with Crippen molar-refractivity contribution in [1.82, 2.24) is 9.55 Å². The molecule has 3 heteroatoms. The number of aryl methyl sites for hydroxylation is 2. The van der Waals surface area contributed by atoms with Crippen LogP contribution >= 0.6 is 0 Å². The van der Waals surface area contributed by atoms with Crippen molar-refractivity contribution in [2.24, 2.45) is 0 Å². The number of aliphatic hydroxyl groups excluding tert-OH is 1. The van der Waals surface area contributed by atoms with Crippen molar-refractivity contribution in [3.63, 3.8) is 0 Å². The van der Waals surface area contributed by atoms with Crippen LogP contribution in [0.25, 0.3) is 16.7 Å². The Labute approximate surface area is 124 Å². The topological polar surface area (TPSA) is 38.0 Å². The molecule has 2 aromatic carbocycles. The van der Waals surface area contributed by atoms with E-state index >= 15 is 0 Å². The predicted molar refractivity (Wildman–Crippen MR) is 86.0 cm³/mol. The highest BCUT2D eigenvalue weighted by molar-refractivity contribution is 5.81.